The Kier molecular flexibility index (Phi) is 7.47. The van der Waals surface area contributed by atoms with Crippen molar-refractivity contribution in [3.63, 3.8) is 0 Å². The molecule has 0 saturated carbocycles. The van der Waals surface area contributed by atoms with E-state index in [-0.39, 0.29) is 22.1 Å². The van der Waals surface area contributed by atoms with Crippen molar-refractivity contribution < 1.29 is 9.18 Å². The lowest BCUT2D eigenvalue weighted by atomic mass is 9.94. The molecule has 0 bridgehead atoms. The van der Waals surface area contributed by atoms with Gasteiger partial charge in [0.15, 0.2) is 0 Å². The zero-order valence-corrected chi connectivity index (χ0v) is 23.2. The van der Waals surface area contributed by atoms with Gasteiger partial charge in [-0.2, -0.15) is 4.98 Å². The van der Waals surface area contributed by atoms with Crippen molar-refractivity contribution in [1.29, 1.82) is 0 Å². The molecule has 2 N–H and O–H groups in total. The number of carbonyl (C=O) groups is 1. The van der Waals surface area contributed by atoms with Crippen molar-refractivity contribution in [3.8, 4) is 0 Å². The molecule has 1 aliphatic heterocycles. The zero-order chi connectivity index (χ0) is 27.0. The molecule has 0 spiro atoms. The molecule has 6 nitrogen and oxygen atoms in total. The number of halogens is 3. The van der Waals surface area contributed by atoms with E-state index in [2.05, 4.69) is 20.7 Å². The van der Waals surface area contributed by atoms with Crippen LogP contribution < -0.4 is 10.6 Å². The van der Waals surface area contributed by atoms with Gasteiger partial charge in [0.25, 0.3) is 5.91 Å². The third kappa shape index (κ3) is 5.04. The van der Waals surface area contributed by atoms with Gasteiger partial charge in [0.1, 0.15) is 11.9 Å². The number of nitrogens with one attached hydrogen (secondary N) is 2. The van der Waals surface area contributed by atoms with Crippen LogP contribution in [0.5, 0.6) is 0 Å². The fourth-order valence-corrected chi connectivity index (χ4v) is 5.74. The lowest BCUT2D eigenvalue weighted by molar-refractivity contribution is -0.113. The van der Waals surface area contributed by atoms with Crippen molar-refractivity contribution in [3.05, 3.63) is 110 Å². The van der Waals surface area contributed by atoms with Gasteiger partial charge >= 0.3 is 0 Å². The van der Waals surface area contributed by atoms with E-state index in [1.807, 2.05) is 56.3 Å². The number of carbonyl (C=O) groups excluding carboxylic acids is 1. The minimum absolute atomic E-state index is 0.148. The summed E-state index contributed by atoms with van der Waals surface area (Å²) in [4.78, 5) is 18.4. The Bertz CT molecular complexity index is 1570. The predicted molar refractivity (Wildman–Crippen MR) is 151 cm³/mol. The zero-order valence-electron chi connectivity index (χ0n) is 20.8. The average molecular weight is 569 g/mol. The van der Waals surface area contributed by atoms with Crippen molar-refractivity contribution >= 4 is 52.5 Å². The fourth-order valence-electron chi connectivity index (χ4n) is 4.36. The van der Waals surface area contributed by atoms with E-state index >= 15 is 4.39 Å². The Labute approximate surface area is 234 Å². The average Bonchev–Trinajstić information content (AvgIpc) is 3.28. The monoisotopic (exact) mass is 567 g/mol. The molecule has 1 unspecified atom stereocenters. The van der Waals surface area contributed by atoms with E-state index in [0.717, 1.165) is 16.7 Å². The molecule has 2 heterocycles. The molecule has 194 valence electrons. The molecule has 0 radical (unpaired) electrons. The van der Waals surface area contributed by atoms with Crippen molar-refractivity contribution in [2.24, 2.45) is 0 Å². The van der Waals surface area contributed by atoms with Gasteiger partial charge in [0.05, 0.1) is 5.57 Å². The van der Waals surface area contributed by atoms with Gasteiger partial charge < -0.3 is 10.6 Å². The minimum atomic E-state index is -0.938. The lowest BCUT2D eigenvalue weighted by Crippen LogP contribution is -2.32. The van der Waals surface area contributed by atoms with E-state index < -0.39 is 11.9 Å². The number of fused-ring (bicyclic) bond motifs is 1. The van der Waals surface area contributed by atoms with Crippen LogP contribution in [0, 0.1) is 19.7 Å². The second-order valence-electron chi connectivity index (χ2n) is 8.95. The van der Waals surface area contributed by atoms with Gasteiger partial charge in [-0.25, -0.2) is 9.07 Å². The number of amides is 1. The molecule has 0 saturated heterocycles. The number of aromatic nitrogens is 3. The number of allylic oxidation sites excluding steroid dienone is 1. The second kappa shape index (κ2) is 10.8. The molecule has 0 aliphatic carbocycles. The molecule has 3 aromatic carbocycles. The summed E-state index contributed by atoms with van der Waals surface area (Å²) < 4.78 is 16.8. The first kappa shape index (κ1) is 26.3. The lowest BCUT2D eigenvalue weighted by Gasteiger charge is -2.29. The first-order valence-corrected chi connectivity index (χ1v) is 13.6. The third-order valence-electron chi connectivity index (χ3n) is 6.52. The summed E-state index contributed by atoms with van der Waals surface area (Å²) in [5.74, 6) is -0.00200. The van der Waals surface area contributed by atoms with Crippen LogP contribution in [-0.4, -0.2) is 20.7 Å². The number of hydrogen-bond donors (Lipinski definition) is 2. The maximum absolute atomic E-state index is 15.3. The summed E-state index contributed by atoms with van der Waals surface area (Å²) >= 11 is 14.2. The number of anilines is 2. The maximum atomic E-state index is 15.3. The minimum Gasteiger partial charge on any atom is -0.328 e. The molecular weight excluding hydrogens is 544 g/mol. The number of benzene rings is 3. The number of nitrogens with zero attached hydrogens (tertiary/aromatic N) is 3. The van der Waals surface area contributed by atoms with Gasteiger partial charge in [0.2, 0.25) is 11.1 Å². The molecule has 10 heteroatoms. The number of aryl methyl sites for hydroxylation is 1. The van der Waals surface area contributed by atoms with Crippen LogP contribution in [0.25, 0.3) is 0 Å². The molecular formula is C28H24Cl2FN5OS. The van der Waals surface area contributed by atoms with Crippen LogP contribution in [0.4, 0.5) is 16.0 Å². The number of rotatable bonds is 6. The van der Waals surface area contributed by atoms with Crippen LogP contribution in [0.2, 0.25) is 10.0 Å². The number of hydrogen-bond acceptors (Lipinski definition) is 5. The predicted octanol–water partition coefficient (Wildman–Crippen LogP) is 7.56. The SMILES string of the molecule is CC1=C(C(=O)Nc2cccc(C)c2C)C(c2c(F)cccc2Cl)n2nc(SCc3ccccc3Cl)nc2N1. The first-order chi connectivity index (χ1) is 18.2. The largest absolute Gasteiger partial charge is 0.328 e. The van der Waals surface area contributed by atoms with Crippen molar-refractivity contribution in [2.75, 3.05) is 10.6 Å². The van der Waals surface area contributed by atoms with Crippen LogP contribution in [-0.2, 0) is 10.5 Å². The Hall–Kier alpha value is -3.33. The Morgan fingerprint density at radius 3 is 2.55 bits per heavy atom. The highest BCUT2D eigenvalue weighted by atomic mass is 35.5. The normalized spacial score (nSPS) is 14.7. The fraction of sp³-hybridized carbons (Fsp3) is 0.179. The molecule has 1 aliphatic rings. The third-order valence-corrected chi connectivity index (χ3v) is 8.10. The summed E-state index contributed by atoms with van der Waals surface area (Å²) in [6.07, 6.45) is 0. The van der Waals surface area contributed by atoms with Crippen LogP contribution in [0.1, 0.15) is 35.2 Å². The summed E-state index contributed by atoms with van der Waals surface area (Å²) in [6, 6.07) is 16.8. The summed E-state index contributed by atoms with van der Waals surface area (Å²) in [6.45, 7) is 5.67. The van der Waals surface area contributed by atoms with Crippen LogP contribution in [0.3, 0.4) is 0 Å². The number of thioether (sulfide) groups is 1. The molecule has 1 amide bonds. The van der Waals surface area contributed by atoms with Gasteiger partial charge in [-0.1, -0.05) is 71.4 Å². The molecule has 1 atom stereocenters. The summed E-state index contributed by atoms with van der Waals surface area (Å²) in [5, 5.41) is 12.1. The van der Waals surface area contributed by atoms with Gasteiger partial charge in [0, 0.05) is 32.7 Å². The topological polar surface area (TPSA) is 71.8 Å². The summed E-state index contributed by atoms with van der Waals surface area (Å²) in [7, 11) is 0. The van der Waals surface area contributed by atoms with E-state index in [0.29, 0.717) is 33.3 Å². The van der Waals surface area contributed by atoms with E-state index in [1.165, 1.54) is 28.6 Å². The van der Waals surface area contributed by atoms with Crippen LogP contribution in [0.15, 0.2) is 77.1 Å². The smallest absolute Gasteiger partial charge is 0.255 e. The van der Waals surface area contributed by atoms with E-state index in [1.54, 1.807) is 13.0 Å². The Morgan fingerprint density at radius 1 is 1.05 bits per heavy atom. The summed E-state index contributed by atoms with van der Waals surface area (Å²) in [5.41, 5.74) is 4.57. The maximum Gasteiger partial charge on any atom is 0.255 e. The van der Waals surface area contributed by atoms with Crippen molar-refractivity contribution in [1.82, 2.24) is 14.8 Å². The molecule has 0 fully saturated rings. The highest BCUT2D eigenvalue weighted by molar-refractivity contribution is 7.98. The Balaban J connectivity index is 1.55. The molecule has 1 aromatic heterocycles. The highest BCUT2D eigenvalue weighted by Gasteiger charge is 2.37. The van der Waals surface area contributed by atoms with Crippen LogP contribution >= 0.6 is 35.0 Å². The Morgan fingerprint density at radius 2 is 1.79 bits per heavy atom. The molecule has 38 heavy (non-hydrogen) atoms. The van der Waals surface area contributed by atoms with Gasteiger partial charge in [-0.3, -0.25) is 4.79 Å². The van der Waals surface area contributed by atoms with E-state index in [4.69, 9.17) is 23.2 Å². The first-order valence-electron chi connectivity index (χ1n) is 11.9. The molecule has 4 aromatic rings. The van der Waals surface area contributed by atoms with E-state index in [9.17, 15) is 4.79 Å². The standard InChI is InChI=1S/C28H24Cl2FN5OS/c1-15-8-6-13-22(16(15)2)33-26(37)23-17(3)32-27-34-28(38-14-18-9-4-5-10-19(18)29)35-36(27)25(23)24-20(30)11-7-12-21(24)31/h4-13,25H,14H2,1-3H3,(H,33,37)(H,32,34,35). The van der Waals surface area contributed by atoms with Crippen molar-refractivity contribution in [2.45, 2.75) is 37.7 Å². The van der Waals surface area contributed by atoms with Gasteiger partial charge in [-0.05, 0) is 61.7 Å². The quantitative estimate of drug-likeness (QED) is 0.235. The molecule has 5 rings (SSSR count). The second-order valence-corrected chi connectivity index (χ2v) is 10.7. The van der Waals surface area contributed by atoms with Gasteiger partial charge in [-0.15, -0.1) is 5.10 Å². The highest BCUT2D eigenvalue weighted by Crippen LogP contribution is 2.41.